The molecule has 1 aromatic rings. The van der Waals surface area contributed by atoms with Crippen LogP contribution in [-0.2, 0) is 14.8 Å². The second kappa shape index (κ2) is 6.27. The maximum absolute atomic E-state index is 14.0. The first-order chi connectivity index (χ1) is 11.9. The van der Waals surface area contributed by atoms with Crippen LogP contribution in [0.25, 0.3) is 0 Å². The van der Waals surface area contributed by atoms with Gasteiger partial charge in [-0.1, -0.05) is 32.4 Å². The van der Waals surface area contributed by atoms with Crippen LogP contribution in [0.15, 0.2) is 29.2 Å². The summed E-state index contributed by atoms with van der Waals surface area (Å²) < 4.78 is 50.7. The third-order valence-electron chi connectivity index (χ3n) is 5.76. The summed E-state index contributed by atoms with van der Waals surface area (Å²) in [6, 6.07) is 4.97. The summed E-state index contributed by atoms with van der Waals surface area (Å²) in [5.74, 6) is -3.78. The lowest BCUT2D eigenvalue weighted by Gasteiger charge is -2.32. The van der Waals surface area contributed by atoms with Crippen molar-refractivity contribution in [1.29, 1.82) is 0 Å². The van der Waals surface area contributed by atoms with Gasteiger partial charge in [-0.25, -0.2) is 22.3 Å². The molecule has 0 aliphatic heterocycles. The predicted octanol–water partition coefficient (Wildman–Crippen LogP) is 2.77. The number of rotatable bonds is 4. The minimum atomic E-state index is -3.78. The number of hydrogen-bond donors (Lipinski definition) is 2. The van der Waals surface area contributed by atoms with E-state index in [-0.39, 0.29) is 28.6 Å². The van der Waals surface area contributed by atoms with Gasteiger partial charge in [0.1, 0.15) is 0 Å². The lowest BCUT2D eigenvalue weighted by molar-refractivity contribution is -0.129. The fourth-order valence-electron chi connectivity index (χ4n) is 4.15. The molecule has 3 unspecified atom stereocenters. The molecule has 144 valence electrons. The molecule has 1 amide bonds. The van der Waals surface area contributed by atoms with Crippen molar-refractivity contribution in [2.45, 2.75) is 62.3 Å². The lowest BCUT2D eigenvalue weighted by atomic mass is 9.91. The van der Waals surface area contributed by atoms with E-state index in [4.69, 9.17) is 5.14 Å². The molecule has 0 heterocycles. The van der Waals surface area contributed by atoms with Gasteiger partial charge >= 0.3 is 0 Å². The highest BCUT2D eigenvalue weighted by atomic mass is 32.2. The number of alkyl halides is 2. The van der Waals surface area contributed by atoms with E-state index in [0.29, 0.717) is 19.3 Å². The van der Waals surface area contributed by atoms with Crippen molar-refractivity contribution in [3.05, 3.63) is 29.8 Å². The molecule has 8 heteroatoms. The number of carbonyl (C=O) groups is 1. The molecule has 26 heavy (non-hydrogen) atoms. The molecule has 2 saturated carbocycles. The van der Waals surface area contributed by atoms with Crippen LogP contribution in [0.5, 0.6) is 0 Å². The molecule has 3 atom stereocenters. The fourth-order valence-corrected chi connectivity index (χ4v) is 4.66. The van der Waals surface area contributed by atoms with Gasteiger partial charge in [-0.15, -0.1) is 0 Å². The molecule has 2 aliphatic carbocycles. The van der Waals surface area contributed by atoms with E-state index in [1.165, 1.54) is 12.1 Å². The molecule has 5 nitrogen and oxygen atoms in total. The van der Waals surface area contributed by atoms with E-state index in [0.717, 1.165) is 5.56 Å². The average molecular weight is 386 g/mol. The van der Waals surface area contributed by atoms with Crippen LogP contribution < -0.4 is 10.5 Å². The van der Waals surface area contributed by atoms with Gasteiger partial charge in [0.05, 0.1) is 16.9 Å². The standard InChI is InChI=1S/C18H24F2N2O3S/c1-17(2)14(11-6-8-12(9-7-11)26(21,24)25)15(17)16(23)22-13-5-3-4-10-18(13,19)20/h6-9,13-15H,3-5,10H2,1-2H3,(H,22,23)(H2,21,24,25). The fraction of sp³-hybridized carbons (Fsp3) is 0.611. The molecule has 0 saturated heterocycles. The number of primary sulfonamides is 1. The van der Waals surface area contributed by atoms with Crippen molar-refractivity contribution < 1.29 is 22.0 Å². The Balaban J connectivity index is 1.74. The minimum absolute atomic E-state index is 0.00237. The van der Waals surface area contributed by atoms with Gasteiger partial charge in [0.2, 0.25) is 15.9 Å². The Kier molecular flexibility index (Phi) is 4.63. The zero-order valence-electron chi connectivity index (χ0n) is 14.8. The van der Waals surface area contributed by atoms with Crippen LogP contribution in [0.4, 0.5) is 8.78 Å². The molecule has 3 N–H and O–H groups in total. The van der Waals surface area contributed by atoms with Gasteiger partial charge < -0.3 is 5.32 Å². The van der Waals surface area contributed by atoms with Crippen molar-refractivity contribution >= 4 is 15.9 Å². The molecule has 0 radical (unpaired) electrons. The van der Waals surface area contributed by atoms with E-state index >= 15 is 0 Å². The van der Waals surface area contributed by atoms with Crippen LogP contribution in [0.3, 0.4) is 0 Å². The maximum atomic E-state index is 14.0. The van der Waals surface area contributed by atoms with Gasteiger partial charge in [-0.05, 0) is 36.0 Å². The Morgan fingerprint density at radius 2 is 1.81 bits per heavy atom. The van der Waals surface area contributed by atoms with Crippen LogP contribution in [0, 0.1) is 11.3 Å². The molecule has 2 fully saturated rings. The van der Waals surface area contributed by atoms with Gasteiger partial charge in [-0.3, -0.25) is 4.79 Å². The molecule has 0 spiro atoms. The molecular weight excluding hydrogens is 362 g/mol. The summed E-state index contributed by atoms with van der Waals surface area (Å²) in [5.41, 5.74) is 0.426. The number of benzene rings is 1. The summed E-state index contributed by atoms with van der Waals surface area (Å²) in [4.78, 5) is 12.6. The summed E-state index contributed by atoms with van der Waals surface area (Å²) in [6.07, 6.45) is 1.27. The summed E-state index contributed by atoms with van der Waals surface area (Å²) in [5, 5.41) is 7.65. The van der Waals surface area contributed by atoms with Gasteiger partial charge in [0.25, 0.3) is 5.92 Å². The van der Waals surface area contributed by atoms with Gasteiger partial charge in [0.15, 0.2) is 0 Å². The van der Waals surface area contributed by atoms with Crippen molar-refractivity contribution in [2.24, 2.45) is 16.5 Å². The second-order valence-corrected chi connectivity index (χ2v) is 9.52. The Morgan fingerprint density at radius 1 is 1.19 bits per heavy atom. The molecule has 0 bridgehead atoms. The highest BCUT2D eigenvalue weighted by Crippen LogP contribution is 2.64. The molecular formula is C18H24F2N2O3S. The van der Waals surface area contributed by atoms with Crippen LogP contribution in [-0.4, -0.2) is 26.3 Å². The zero-order chi connectivity index (χ0) is 19.3. The smallest absolute Gasteiger partial charge is 0.267 e. The van der Waals surface area contributed by atoms with Crippen molar-refractivity contribution in [1.82, 2.24) is 5.32 Å². The first-order valence-electron chi connectivity index (χ1n) is 8.75. The number of sulfonamides is 1. The highest BCUT2D eigenvalue weighted by Gasteiger charge is 2.62. The zero-order valence-corrected chi connectivity index (χ0v) is 15.7. The summed E-state index contributed by atoms with van der Waals surface area (Å²) in [6.45, 7) is 3.82. The van der Waals surface area contributed by atoms with E-state index in [2.05, 4.69) is 5.32 Å². The largest absolute Gasteiger partial charge is 0.347 e. The Bertz CT molecular complexity index is 806. The van der Waals surface area contributed by atoms with E-state index in [9.17, 15) is 22.0 Å². The van der Waals surface area contributed by atoms with Crippen molar-refractivity contribution in [3.8, 4) is 0 Å². The molecule has 1 aromatic carbocycles. The Morgan fingerprint density at radius 3 is 2.35 bits per heavy atom. The minimum Gasteiger partial charge on any atom is -0.347 e. The predicted molar refractivity (Wildman–Crippen MR) is 93.2 cm³/mol. The molecule has 2 aliphatic rings. The number of carbonyl (C=O) groups excluding carboxylic acids is 1. The third kappa shape index (κ3) is 3.49. The number of halogens is 2. The Labute approximate surface area is 152 Å². The van der Waals surface area contributed by atoms with E-state index < -0.39 is 27.9 Å². The number of hydrogen-bond acceptors (Lipinski definition) is 3. The van der Waals surface area contributed by atoms with E-state index in [1.807, 2.05) is 13.8 Å². The van der Waals surface area contributed by atoms with Crippen LogP contribution >= 0.6 is 0 Å². The number of nitrogens with two attached hydrogens (primary N) is 1. The molecule has 3 rings (SSSR count). The highest BCUT2D eigenvalue weighted by molar-refractivity contribution is 7.89. The van der Waals surface area contributed by atoms with Crippen molar-refractivity contribution in [2.75, 3.05) is 0 Å². The topological polar surface area (TPSA) is 89.3 Å². The lowest BCUT2D eigenvalue weighted by Crippen LogP contribution is -2.50. The van der Waals surface area contributed by atoms with Crippen LogP contribution in [0.1, 0.15) is 51.0 Å². The Hall–Kier alpha value is -1.54. The SMILES string of the molecule is CC1(C)C(C(=O)NC2CCCCC2(F)F)C1c1ccc(S(N)(=O)=O)cc1. The maximum Gasteiger partial charge on any atom is 0.267 e. The first kappa shape index (κ1) is 19.2. The normalized spacial score (nSPS) is 29.8. The quantitative estimate of drug-likeness (QED) is 0.834. The van der Waals surface area contributed by atoms with Crippen LogP contribution in [0.2, 0.25) is 0 Å². The summed E-state index contributed by atoms with van der Waals surface area (Å²) >= 11 is 0. The third-order valence-corrected chi connectivity index (χ3v) is 6.69. The second-order valence-electron chi connectivity index (χ2n) is 7.96. The average Bonchev–Trinajstić information content (AvgIpc) is 3.11. The first-order valence-corrected chi connectivity index (χ1v) is 10.3. The number of amides is 1. The summed E-state index contributed by atoms with van der Waals surface area (Å²) in [7, 11) is -3.78. The van der Waals surface area contributed by atoms with Gasteiger partial charge in [0, 0.05) is 12.3 Å². The monoisotopic (exact) mass is 386 g/mol. The van der Waals surface area contributed by atoms with E-state index in [1.54, 1.807) is 12.1 Å². The van der Waals surface area contributed by atoms with Gasteiger partial charge in [-0.2, -0.15) is 0 Å². The molecule has 0 aromatic heterocycles. The van der Waals surface area contributed by atoms with Crippen molar-refractivity contribution in [3.63, 3.8) is 0 Å². The number of nitrogens with one attached hydrogen (secondary N) is 1.